The number of piperidine rings is 3. The van der Waals surface area contributed by atoms with Crippen molar-refractivity contribution >= 4 is 23.5 Å². The van der Waals surface area contributed by atoms with Gasteiger partial charge in [-0.05, 0) is 81.2 Å². The van der Waals surface area contributed by atoms with Crippen molar-refractivity contribution < 1.29 is 19.1 Å². The lowest BCUT2D eigenvalue weighted by Crippen LogP contribution is -2.60. The number of benzene rings is 1. The first-order valence-electron chi connectivity index (χ1n) is 13.6. The van der Waals surface area contributed by atoms with Gasteiger partial charge in [-0.1, -0.05) is 18.1 Å². The van der Waals surface area contributed by atoms with E-state index in [1.807, 2.05) is 0 Å². The number of fused-ring (bicyclic) bond motifs is 6. The molecule has 5 aliphatic rings. The van der Waals surface area contributed by atoms with Crippen molar-refractivity contribution in [2.75, 3.05) is 31.6 Å². The molecule has 4 heterocycles. The maximum atomic E-state index is 13.5. The van der Waals surface area contributed by atoms with Crippen LogP contribution in [-0.4, -0.2) is 72.5 Å². The fourth-order valence-corrected chi connectivity index (χ4v) is 7.37. The van der Waals surface area contributed by atoms with Gasteiger partial charge >= 0.3 is 6.03 Å². The third kappa shape index (κ3) is 4.09. The summed E-state index contributed by atoms with van der Waals surface area (Å²) in [4.78, 5) is 45.1. The van der Waals surface area contributed by atoms with Crippen molar-refractivity contribution in [2.45, 2.75) is 69.5 Å². The number of ether oxygens (including phenoxy) is 1. The molecule has 0 radical (unpaired) electrons. The second kappa shape index (κ2) is 9.54. The van der Waals surface area contributed by atoms with Gasteiger partial charge in [0.25, 0.3) is 5.91 Å². The van der Waals surface area contributed by atoms with Crippen LogP contribution in [0.15, 0.2) is 35.9 Å². The van der Waals surface area contributed by atoms with Gasteiger partial charge in [0.2, 0.25) is 5.91 Å². The highest BCUT2D eigenvalue weighted by molar-refractivity contribution is 6.21. The average Bonchev–Trinajstić information content (AvgIpc) is 3.19. The fraction of sp³-hybridized carbons (Fsp3) is 0.607. The minimum Gasteiger partial charge on any atom is -0.497 e. The number of carbonyl (C=O) groups excluding carboxylic acids is 3. The van der Waals surface area contributed by atoms with Crippen molar-refractivity contribution in [3.8, 4) is 5.75 Å². The topological polar surface area (TPSA) is 82.2 Å². The lowest BCUT2D eigenvalue weighted by molar-refractivity contribution is -0.136. The number of carbonyl (C=O) groups is 3. The number of nitrogens with zero attached hydrogens (tertiary/aromatic N) is 3. The van der Waals surface area contributed by atoms with Crippen molar-refractivity contribution in [1.82, 2.24) is 15.1 Å². The number of hydrogen-bond donors (Lipinski definition) is 1. The molecule has 0 saturated carbocycles. The Hall–Kier alpha value is -2.87. The number of likely N-dealkylation sites (tertiary alicyclic amines) is 1. The molecular weight excluding hydrogens is 456 g/mol. The first-order chi connectivity index (χ1) is 17.5. The Morgan fingerprint density at radius 3 is 2.75 bits per heavy atom. The molecule has 1 aromatic carbocycles. The molecule has 1 N–H and O–H groups in total. The molecule has 1 aliphatic carbocycles. The van der Waals surface area contributed by atoms with Crippen LogP contribution in [0.5, 0.6) is 5.75 Å². The standard InChI is InChI=1S/C28H36N4O4/c1-36-22-9-7-21(8-10-22)32-27(34)23(29-28(32)35)11-12-25(33)31-14-4-5-18-15-19-16-20(26(18)31)17-30-13-3-2-6-24(19)30/h7-10,15,19-20,23-24,26H,2-6,11-14,16-17H2,1H3,(H,29,35)/t19-,20-,23+,24-,26+/m0/s1. The summed E-state index contributed by atoms with van der Waals surface area (Å²) in [5.74, 6) is 1.61. The van der Waals surface area contributed by atoms with E-state index in [4.69, 9.17) is 4.74 Å². The van der Waals surface area contributed by atoms with Crippen LogP contribution in [0.2, 0.25) is 0 Å². The summed E-state index contributed by atoms with van der Waals surface area (Å²) in [6, 6.07) is 6.61. The molecule has 4 saturated heterocycles. The van der Waals surface area contributed by atoms with Crippen LogP contribution in [0.3, 0.4) is 0 Å². The third-order valence-corrected chi connectivity index (χ3v) is 8.97. The largest absolute Gasteiger partial charge is 0.497 e. The molecule has 36 heavy (non-hydrogen) atoms. The Morgan fingerprint density at radius 1 is 1.11 bits per heavy atom. The molecule has 4 fully saturated rings. The van der Waals surface area contributed by atoms with Crippen molar-refractivity contribution in [1.29, 1.82) is 0 Å². The summed E-state index contributed by atoms with van der Waals surface area (Å²) in [5, 5.41) is 2.78. The molecule has 192 valence electrons. The zero-order valence-electron chi connectivity index (χ0n) is 21.0. The van der Waals surface area contributed by atoms with E-state index in [1.165, 1.54) is 37.8 Å². The van der Waals surface area contributed by atoms with Crippen LogP contribution in [0, 0.1) is 11.8 Å². The van der Waals surface area contributed by atoms with E-state index in [2.05, 4.69) is 21.2 Å². The van der Waals surface area contributed by atoms with Gasteiger partial charge in [-0.3, -0.25) is 14.5 Å². The first kappa shape index (κ1) is 23.5. The van der Waals surface area contributed by atoms with Gasteiger partial charge in [0.1, 0.15) is 11.8 Å². The molecule has 0 spiro atoms. The second-order valence-corrected chi connectivity index (χ2v) is 11.0. The van der Waals surface area contributed by atoms with Crippen molar-refractivity contribution in [3.05, 3.63) is 35.9 Å². The summed E-state index contributed by atoms with van der Waals surface area (Å²) in [6.45, 7) is 3.07. The highest BCUT2D eigenvalue weighted by atomic mass is 16.5. The number of imide groups is 1. The monoisotopic (exact) mass is 492 g/mol. The summed E-state index contributed by atoms with van der Waals surface area (Å²) >= 11 is 0. The van der Waals surface area contributed by atoms with Crippen LogP contribution in [-0.2, 0) is 9.59 Å². The highest BCUT2D eigenvalue weighted by Crippen LogP contribution is 2.45. The Bertz CT molecular complexity index is 1070. The van der Waals surface area contributed by atoms with E-state index < -0.39 is 12.1 Å². The second-order valence-electron chi connectivity index (χ2n) is 11.0. The summed E-state index contributed by atoms with van der Waals surface area (Å²) in [6.07, 6.45) is 10.3. The minimum atomic E-state index is -0.678. The molecule has 8 heteroatoms. The van der Waals surface area contributed by atoms with Crippen LogP contribution in [0.4, 0.5) is 10.5 Å². The van der Waals surface area contributed by atoms with Gasteiger partial charge in [-0.2, -0.15) is 0 Å². The summed E-state index contributed by atoms with van der Waals surface area (Å²) in [7, 11) is 1.57. The van der Waals surface area contributed by atoms with Crippen LogP contribution in [0.25, 0.3) is 0 Å². The molecule has 5 atom stereocenters. The fourth-order valence-electron chi connectivity index (χ4n) is 7.37. The van der Waals surface area contributed by atoms with E-state index in [0.29, 0.717) is 35.7 Å². The lowest BCUT2D eigenvalue weighted by atomic mass is 9.68. The molecule has 1 aromatic rings. The average molecular weight is 493 g/mol. The van der Waals surface area contributed by atoms with Gasteiger partial charge < -0.3 is 15.0 Å². The number of hydrogen-bond acceptors (Lipinski definition) is 5. The number of urea groups is 1. The number of nitrogens with one attached hydrogen (secondary N) is 1. The zero-order chi connectivity index (χ0) is 24.8. The number of anilines is 1. The Kier molecular flexibility index (Phi) is 6.23. The Labute approximate surface area is 212 Å². The van der Waals surface area contributed by atoms with Crippen LogP contribution in [0.1, 0.15) is 51.4 Å². The van der Waals surface area contributed by atoms with E-state index in [1.54, 1.807) is 31.4 Å². The zero-order valence-corrected chi connectivity index (χ0v) is 21.0. The lowest BCUT2D eigenvalue weighted by Gasteiger charge is -2.54. The van der Waals surface area contributed by atoms with Crippen LogP contribution >= 0.6 is 0 Å². The molecule has 4 amide bonds. The summed E-state index contributed by atoms with van der Waals surface area (Å²) in [5.41, 5.74) is 1.97. The van der Waals surface area contributed by atoms with Crippen molar-refractivity contribution in [3.63, 3.8) is 0 Å². The molecule has 6 rings (SSSR count). The quantitative estimate of drug-likeness (QED) is 0.504. The highest BCUT2D eigenvalue weighted by Gasteiger charge is 2.47. The molecule has 2 bridgehead atoms. The maximum Gasteiger partial charge on any atom is 0.329 e. The van der Waals surface area contributed by atoms with Gasteiger partial charge in [0.15, 0.2) is 0 Å². The van der Waals surface area contributed by atoms with E-state index >= 15 is 0 Å². The van der Waals surface area contributed by atoms with Gasteiger partial charge in [-0.25, -0.2) is 9.69 Å². The van der Waals surface area contributed by atoms with Crippen LogP contribution < -0.4 is 15.0 Å². The minimum absolute atomic E-state index is 0.106. The van der Waals surface area contributed by atoms with Crippen molar-refractivity contribution in [2.24, 2.45) is 11.8 Å². The SMILES string of the molecule is COc1ccc(N2C(=O)N[C@H](CCC(=O)N3CCCC4=C[C@H]5C[C@@H](CN6CCCC[C@@H]56)[C@@H]43)C2=O)cc1. The third-order valence-electron chi connectivity index (χ3n) is 8.97. The Balaban J connectivity index is 1.12. The molecule has 8 nitrogen and oxygen atoms in total. The van der Waals surface area contributed by atoms with E-state index in [0.717, 1.165) is 30.8 Å². The normalized spacial score (nSPS) is 31.9. The predicted octanol–water partition coefficient (Wildman–Crippen LogP) is 3.32. The van der Waals surface area contributed by atoms with E-state index in [9.17, 15) is 14.4 Å². The van der Waals surface area contributed by atoms with Gasteiger partial charge in [0, 0.05) is 25.6 Å². The van der Waals surface area contributed by atoms with Gasteiger partial charge in [-0.15, -0.1) is 0 Å². The van der Waals surface area contributed by atoms with E-state index in [-0.39, 0.29) is 24.3 Å². The molecular formula is C28H36N4O4. The first-order valence-corrected chi connectivity index (χ1v) is 13.6. The predicted molar refractivity (Wildman–Crippen MR) is 136 cm³/mol. The molecule has 0 aromatic heterocycles. The molecule has 4 aliphatic heterocycles. The number of amides is 4. The smallest absolute Gasteiger partial charge is 0.329 e. The van der Waals surface area contributed by atoms with Gasteiger partial charge in [0.05, 0.1) is 18.8 Å². The molecule has 0 unspecified atom stereocenters. The summed E-state index contributed by atoms with van der Waals surface area (Å²) < 4.78 is 5.17. The maximum absolute atomic E-state index is 13.5. The number of methoxy groups -OCH3 is 1. The number of rotatable bonds is 5. The Morgan fingerprint density at radius 2 is 1.94 bits per heavy atom.